The van der Waals surface area contributed by atoms with Crippen LogP contribution in [0.2, 0.25) is 0 Å². The van der Waals surface area contributed by atoms with E-state index in [2.05, 4.69) is 30.0 Å². The van der Waals surface area contributed by atoms with Crippen molar-refractivity contribution in [1.82, 2.24) is 19.7 Å². The molecule has 150 valence electrons. The molecular formula is C16H16N8O4S. The molecule has 3 aromatic rings. The molecule has 0 saturated heterocycles. The van der Waals surface area contributed by atoms with Gasteiger partial charge in [-0.25, -0.2) is 27.9 Å². The molecule has 12 nitrogen and oxygen atoms in total. The molecule has 13 heteroatoms. The van der Waals surface area contributed by atoms with Crippen LogP contribution in [0.5, 0.6) is 0 Å². The summed E-state index contributed by atoms with van der Waals surface area (Å²) in [6.45, 7) is 3.24. The fourth-order valence-corrected chi connectivity index (χ4v) is 3.24. The Balaban J connectivity index is 1.81. The van der Waals surface area contributed by atoms with E-state index in [-0.39, 0.29) is 16.5 Å². The van der Waals surface area contributed by atoms with Crippen molar-refractivity contribution in [2.24, 2.45) is 16.0 Å². The normalized spacial score (nSPS) is 11.7. The molecule has 0 aliphatic heterocycles. The average molecular weight is 416 g/mol. The first-order valence-corrected chi connectivity index (χ1v) is 9.61. The number of azo groups is 1. The lowest BCUT2D eigenvalue weighted by Crippen LogP contribution is -2.29. The van der Waals surface area contributed by atoms with Crippen molar-refractivity contribution in [3.8, 4) is 0 Å². The first-order valence-electron chi connectivity index (χ1n) is 8.13. The van der Waals surface area contributed by atoms with E-state index in [0.717, 1.165) is 0 Å². The van der Waals surface area contributed by atoms with Gasteiger partial charge in [-0.15, -0.1) is 5.11 Å². The molecule has 0 bridgehead atoms. The summed E-state index contributed by atoms with van der Waals surface area (Å²) in [4.78, 5) is 31.0. The van der Waals surface area contributed by atoms with Gasteiger partial charge in [0.25, 0.3) is 10.0 Å². The zero-order chi connectivity index (χ0) is 21.2. The molecule has 0 saturated carbocycles. The number of aromatic amines is 1. The number of aromatic nitrogens is 4. The van der Waals surface area contributed by atoms with Crippen molar-refractivity contribution in [2.75, 3.05) is 4.72 Å². The van der Waals surface area contributed by atoms with Gasteiger partial charge in [0.2, 0.25) is 5.95 Å². The number of primary amides is 1. The molecule has 0 radical (unpaired) electrons. The quantitative estimate of drug-likeness (QED) is 0.533. The van der Waals surface area contributed by atoms with Crippen LogP contribution in [0, 0.1) is 13.8 Å². The van der Waals surface area contributed by atoms with Crippen molar-refractivity contribution in [2.45, 2.75) is 18.7 Å². The van der Waals surface area contributed by atoms with Gasteiger partial charge in [-0.2, -0.15) is 9.80 Å². The van der Waals surface area contributed by atoms with Gasteiger partial charge in [-0.05, 0) is 44.2 Å². The second kappa shape index (κ2) is 7.63. The smallest absolute Gasteiger partial charge is 0.341 e. The predicted octanol–water partition coefficient (Wildman–Crippen LogP) is 1.73. The molecule has 2 aromatic heterocycles. The zero-order valence-electron chi connectivity index (χ0n) is 15.3. The van der Waals surface area contributed by atoms with Gasteiger partial charge in [0, 0.05) is 11.9 Å². The maximum absolute atomic E-state index is 12.4. The topological polar surface area (TPSA) is 178 Å². The van der Waals surface area contributed by atoms with E-state index < -0.39 is 21.6 Å². The third-order valence-corrected chi connectivity index (χ3v) is 5.04. The maximum atomic E-state index is 12.4. The highest BCUT2D eigenvalue weighted by molar-refractivity contribution is 7.92. The number of H-pyrrole nitrogens is 1. The minimum Gasteiger partial charge on any atom is -0.350 e. The molecule has 0 aliphatic rings. The molecule has 0 spiro atoms. The van der Waals surface area contributed by atoms with Crippen LogP contribution in [0.4, 0.5) is 22.1 Å². The SMILES string of the molecule is Cc1ccnc(NS(=O)(=O)c2ccc(N=Nc3c(C)[nH]n(C(N)=O)c3=O)cc2)n1. The number of amides is 1. The van der Waals surface area contributed by atoms with Crippen molar-refractivity contribution in [1.29, 1.82) is 0 Å². The summed E-state index contributed by atoms with van der Waals surface area (Å²) in [6.07, 6.45) is 1.44. The average Bonchev–Trinajstić information content (AvgIpc) is 2.94. The van der Waals surface area contributed by atoms with E-state index in [9.17, 15) is 18.0 Å². The van der Waals surface area contributed by atoms with Crippen LogP contribution in [-0.2, 0) is 10.0 Å². The second-order valence-electron chi connectivity index (χ2n) is 5.89. The van der Waals surface area contributed by atoms with E-state index in [1.165, 1.54) is 37.4 Å². The molecular weight excluding hydrogens is 400 g/mol. The minimum absolute atomic E-state index is 0.0320. The predicted molar refractivity (Wildman–Crippen MR) is 103 cm³/mol. The lowest BCUT2D eigenvalue weighted by molar-refractivity contribution is 0.247. The summed E-state index contributed by atoms with van der Waals surface area (Å²) >= 11 is 0. The van der Waals surface area contributed by atoms with Gasteiger partial charge in [-0.3, -0.25) is 9.89 Å². The Morgan fingerprint density at radius 2 is 1.86 bits per heavy atom. The summed E-state index contributed by atoms with van der Waals surface area (Å²) in [5.74, 6) is -0.0394. The van der Waals surface area contributed by atoms with Gasteiger partial charge in [0.15, 0.2) is 5.69 Å². The van der Waals surface area contributed by atoms with Crippen LogP contribution in [0.1, 0.15) is 11.4 Å². The molecule has 0 fully saturated rings. The van der Waals surface area contributed by atoms with Crippen LogP contribution in [-0.4, -0.2) is 34.2 Å². The standard InChI is InChI=1S/C16H16N8O4S/c1-9-7-8-18-16(19-9)23-29(27,28)12-5-3-11(4-6-12)20-21-13-10(2)22-24(14(13)25)15(17)26/h3-8,22H,1-2H3,(H2,17,26)(H,18,19,23). The van der Waals surface area contributed by atoms with Gasteiger partial charge in [-0.1, -0.05) is 0 Å². The van der Waals surface area contributed by atoms with Gasteiger partial charge in [0.1, 0.15) is 0 Å². The molecule has 29 heavy (non-hydrogen) atoms. The first kappa shape index (κ1) is 19.9. The van der Waals surface area contributed by atoms with Crippen molar-refractivity contribution in [3.63, 3.8) is 0 Å². The third kappa shape index (κ3) is 4.35. The Morgan fingerprint density at radius 3 is 2.45 bits per heavy atom. The summed E-state index contributed by atoms with van der Waals surface area (Å²) in [6, 6.07) is 6.12. The number of hydrogen-bond donors (Lipinski definition) is 3. The Morgan fingerprint density at radius 1 is 1.17 bits per heavy atom. The van der Waals surface area contributed by atoms with E-state index in [4.69, 9.17) is 5.73 Å². The number of anilines is 1. The van der Waals surface area contributed by atoms with Crippen molar-refractivity contribution >= 4 is 33.4 Å². The molecule has 1 aromatic carbocycles. The molecule has 0 atom stereocenters. The second-order valence-corrected chi connectivity index (χ2v) is 7.57. The number of carbonyl (C=O) groups is 1. The van der Waals surface area contributed by atoms with Gasteiger partial charge in [0.05, 0.1) is 16.3 Å². The number of rotatable bonds is 5. The van der Waals surface area contributed by atoms with Crippen molar-refractivity contribution < 1.29 is 13.2 Å². The number of hydrogen-bond acceptors (Lipinski definition) is 8. The number of nitrogens with two attached hydrogens (primary N) is 1. The Hall–Kier alpha value is -3.87. The first-order chi connectivity index (χ1) is 13.7. The minimum atomic E-state index is -3.89. The molecule has 0 aliphatic carbocycles. The summed E-state index contributed by atoms with van der Waals surface area (Å²) < 4.78 is 27.7. The molecule has 0 unspecified atom stereocenters. The van der Waals surface area contributed by atoms with Crippen LogP contribution in [0.15, 0.2) is 56.4 Å². The fourth-order valence-electron chi connectivity index (χ4n) is 2.29. The summed E-state index contributed by atoms with van der Waals surface area (Å²) in [5, 5.41) is 10.2. The highest BCUT2D eigenvalue weighted by Gasteiger charge is 2.16. The highest BCUT2D eigenvalue weighted by atomic mass is 32.2. The van der Waals surface area contributed by atoms with Crippen LogP contribution < -0.4 is 16.0 Å². The number of nitrogens with one attached hydrogen (secondary N) is 2. The Bertz CT molecular complexity index is 1260. The fraction of sp³-hybridized carbons (Fsp3) is 0.125. The van der Waals surface area contributed by atoms with E-state index in [1.54, 1.807) is 13.0 Å². The number of carbonyl (C=O) groups excluding carboxylic acids is 1. The Kier molecular flexibility index (Phi) is 5.23. The zero-order valence-corrected chi connectivity index (χ0v) is 16.1. The van der Waals surface area contributed by atoms with E-state index in [1.807, 2.05) is 0 Å². The largest absolute Gasteiger partial charge is 0.350 e. The molecule has 1 amide bonds. The van der Waals surface area contributed by atoms with E-state index in [0.29, 0.717) is 21.8 Å². The number of nitrogens with zero attached hydrogens (tertiary/aromatic N) is 5. The lowest BCUT2D eigenvalue weighted by atomic mass is 10.3. The monoisotopic (exact) mass is 416 g/mol. The maximum Gasteiger partial charge on any atom is 0.341 e. The lowest BCUT2D eigenvalue weighted by Gasteiger charge is -2.06. The number of benzene rings is 1. The van der Waals surface area contributed by atoms with E-state index >= 15 is 0 Å². The van der Waals surface area contributed by atoms with Crippen LogP contribution >= 0.6 is 0 Å². The molecule has 2 heterocycles. The number of aryl methyl sites for hydroxylation is 2. The van der Waals surface area contributed by atoms with Gasteiger partial charge >= 0.3 is 11.6 Å². The number of sulfonamides is 1. The third-order valence-electron chi connectivity index (χ3n) is 3.69. The van der Waals surface area contributed by atoms with Gasteiger partial charge < -0.3 is 5.73 Å². The summed E-state index contributed by atoms with van der Waals surface area (Å²) in [5.41, 5.74) is 5.47. The highest BCUT2D eigenvalue weighted by Crippen LogP contribution is 2.21. The molecule has 3 rings (SSSR count). The Labute approximate surface area is 164 Å². The molecule has 4 N–H and O–H groups in total. The van der Waals surface area contributed by atoms with Crippen molar-refractivity contribution in [3.05, 3.63) is 58.3 Å². The van der Waals surface area contributed by atoms with Crippen LogP contribution in [0.25, 0.3) is 0 Å². The summed E-state index contributed by atoms with van der Waals surface area (Å²) in [7, 11) is -3.89. The van der Waals surface area contributed by atoms with Crippen LogP contribution in [0.3, 0.4) is 0 Å².